The van der Waals surface area contributed by atoms with Crippen molar-refractivity contribution in [2.75, 3.05) is 5.33 Å². The van der Waals surface area contributed by atoms with E-state index in [4.69, 9.17) is 11.6 Å². The molecule has 0 fully saturated rings. The Morgan fingerprint density at radius 1 is 1.54 bits per heavy atom. The first kappa shape index (κ1) is 11.1. The lowest BCUT2D eigenvalue weighted by atomic mass is 10.1. The Morgan fingerprint density at radius 3 is 2.77 bits per heavy atom. The molecule has 13 heavy (non-hydrogen) atoms. The minimum absolute atomic E-state index is 0.0899. The van der Waals surface area contributed by atoms with Gasteiger partial charge in [-0.15, -0.1) is 12.6 Å². The summed E-state index contributed by atoms with van der Waals surface area (Å²) < 4.78 is 0. The van der Waals surface area contributed by atoms with Gasteiger partial charge in [-0.3, -0.25) is 4.79 Å². The average molecular weight is 280 g/mol. The van der Waals surface area contributed by atoms with E-state index in [1.807, 2.05) is 0 Å². The highest BCUT2D eigenvalue weighted by Gasteiger charge is 2.06. The molecule has 0 saturated carbocycles. The maximum Gasteiger partial charge on any atom is 0.163 e. The summed E-state index contributed by atoms with van der Waals surface area (Å²) in [7, 11) is 0. The van der Waals surface area contributed by atoms with Crippen LogP contribution in [-0.4, -0.2) is 11.1 Å². The van der Waals surface area contributed by atoms with E-state index in [0.717, 1.165) is 0 Å². The molecule has 0 aliphatic carbocycles. The van der Waals surface area contributed by atoms with Crippen LogP contribution in [0.25, 0.3) is 0 Å². The number of alkyl halides is 1. The van der Waals surface area contributed by atoms with Gasteiger partial charge in [0.2, 0.25) is 0 Å². The van der Waals surface area contributed by atoms with Crippen molar-refractivity contribution in [3.05, 3.63) is 28.8 Å². The van der Waals surface area contributed by atoms with E-state index in [9.17, 15) is 4.79 Å². The molecular weight excluding hydrogens is 272 g/mol. The fourth-order valence-electron chi connectivity index (χ4n) is 0.911. The quantitative estimate of drug-likeness (QED) is 0.508. The van der Waals surface area contributed by atoms with E-state index in [2.05, 4.69) is 28.6 Å². The number of ketones is 1. The normalized spacial score (nSPS) is 10.1. The molecule has 70 valence electrons. The molecule has 0 amide bonds. The third-order valence-corrected chi connectivity index (χ3v) is 2.82. The van der Waals surface area contributed by atoms with E-state index >= 15 is 0 Å². The van der Waals surface area contributed by atoms with Crippen molar-refractivity contribution in [3.8, 4) is 0 Å². The summed E-state index contributed by atoms with van der Waals surface area (Å²) in [6.07, 6.45) is 0.488. The van der Waals surface area contributed by atoms with Gasteiger partial charge in [0.1, 0.15) is 0 Å². The van der Waals surface area contributed by atoms with Crippen molar-refractivity contribution < 1.29 is 4.79 Å². The number of hydrogen-bond donors (Lipinski definition) is 1. The standard InChI is InChI=1S/C9H8BrClOS/c10-4-3-8(12)6-1-2-9(13)7(11)5-6/h1-2,5,13H,3-4H2. The molecule has 0 atom stereocenters. The van der Waals surface area contributed by atoms with Gasteiger partial charge in [-0.1, -0.05) is 33.6 Å². The molecule has 0 radical (unpaired) electrons. The molecule has 0 heterocycles. The van der Waals surface area contributed by atoms with E-state index in [1.54, 1.807) is 18.2 Å². The fourth-order valence-corrected chi connectivity index (χ4v) is 1.59. The Kier molecular flexibility index (Phi) is 4.29. The first-order valence-corrected chi connectivity index (χ1v) is 5.67. The van der Waals surface area contributed by atoms with Crippen LogP contribution < -0.4 is 0 Å². The highest BCUT2D eigenvalue weighted by molar-refractivity contribution is 9.09. The van der Waals surface area contributed by atoms with E-state index in [-0.39, 0.29) is 5.78 Å². The maximum absolute atomic E-state index is 11.4. The molecule has 0 saturated heterocycles. The van der Waals surface area contributed by atoms with Crippen LogP contribution in [0.5, 0.6) is 0 Å². The molecule has 0 N–H and O–H groups in total. The number of halogens is 2. The third kappa shape index (κ3) is 3.01. The fraction of sp³-hybridized carbons (Fsp3) is 0.222. The highest BCUT2D eigenvalue weighted by Crippen LogP contribution is 2.21. The van der Waals surface area contributed by atoms with Crippen LogP contribution in [0.4, 0.5) is 0 Å². The molecule has 0 aliphatic heterocycles. The lowest BCUT2D eigenvalue weighted by Crippen LogP contribution is -1.99. The van der Waals surface area contributed by atoms with Crippen LogP contribution in [0.15, 0.2) is 23.1 Å². The van der Waals surface area contributed by atoms with Crippen LogP contribution in [0.2, 0.25) is 5.02 Å². The zero-order valence-corrected chi connectivity index (χ0v) is 9.99. The van der Waals surface area contributed by atoms with Gasteiger partial charge >= 0.3 is 0 Å². The summed E-state index contributed by atoms with van der Waals surface area (Å²) in [5, 5.41) is 1.19. The Morgan fingerprint density at radius 2 is 2.23 bits per heavy atom. The molecule has 1 nitrogen and oxygen atoms in total. The number of thiol groups is 1. The van der Waals surface area contributed by atoms with Gasteiger partial charge in [0.25, 0.3) is 0 Å². The van der Waals surface area contributed by atoms with Crippen molar-refractivity contribution in [1.29, 1.82) is 0 Å². The van der Waals surface area contributed by atoms with Crippen LogP contribution >= 0.6 is 40.2 Å². The number of carbonyl (C=O) groups excluding carboxylic acids is 1. The topological polar surface area (TPSA) is 17.1 Å². The predicted octanol–water partition coefficient (Wildman–Crippen LogP) is 3.60. The van der Waals surface area contributed by atoms with Crippen LogP contribution in [0.3, 0.4) is 0 Å². The van der Waals surface area contributed by atoms with Crippen molar-refractivity contribution in [2.45, 2.75) is 11.3 Å². The smallest absolute Gasteiger partial charge is 0.163 e. The van der Waals surface area contributed by atoms with E-state index < -0.39 is 0 Å². The van der Waals surface area contributed by atoms with Gasteiger partial charge in [-0.25, -0.2) is 0 Å². The Labute approximate surface area is 96.0 Å². The zero-order chi connectivity index (χ0) is 9.84. The molecule has 1 aromatic rings. The first-order valence-electron chi connectivity index (χ1n) is 3.73. The summed E-state index contributed by atoms with van der Waals surface area (Å²) in [4.78, 5) is 12.1. The zero-order valence-electron chi connectivity index (χ0n) is 6.76. The summed E-state index contributed by atoms with van der Waals surface area (Å²) in [6, 6.07) is 5.11. The second kappa shape index (κ2) is 5.03. The summed E-state index contributed by atoms with van der Waals surface area (Å²) in [5.41, 5.74) is 0.641. The monoisotopic (exact) mass is 278 g/mol. The maximum atomic E-state index is 11.4. The van der Waals surface area contributed by atoms with Gasteiger partial charge in [0.05, 0.1) is 5.02 Å². The van der Waals surface area contributed by atoms with Gasteiger partial charge in [0, 0.05) is 22.2 Å². The largest absolute Gasteiger partial charge is 0.294 e. The SMILES string of the molecule is O=C(CCBr)c1ccc(S)c(Cl)c1. The first-order chi connectivity index (χ1) is 6.15. The average Bonchev–Trinajstić information content (AvgIpc) is 2.10. The lowest BCUT2D eigenvalue weighted by Gasteiger charge is -2.01. The summed E-state index contributed by atoms with van der Waals surface area (Å²) in [6.45, 7) is 0. The molecule has 0 bridgehead atoms. The summed E-state index contributed by atoms with van der Waals surface area (Å²) >= 11 is 13.1. The molecule has 0 aliphatic rings. The molecule has 4 heteroatoms. The van der Waals surface area contributed by atoms with Crippen molar-refractivity contribution >= 4 is 45.9 Å². The predicted molar refractivity (Wildman–Crippen MR) is 61.4 cm³/mol. The minimum Gasteiger partial charge on any atom is -0.294 e. The number of Topliss-reactive ketones (excluding diaryl/α,β-unsaturated/α-hetero) is 1. The number of hydrogen-bond acceptors (Lipinski definition) is 2. The molecule has 1 rings (SSSR count). The number of carbonyl (C=O) groups is 1. The second-order valence-corrected chi connectivity index (χ2v) is 4.21. The van der Waals surface area contributed by atoms with Crippen LogP contribution in [0, 0.1) is 0 Å². The van der Waals surface area contributed by atoms with Crippen LogP contribution in [-0.2, 0) is 0 Å². The molecular formula is C9H8BrClOS. The van der Waals surface area contributed by atoms with Gasteiger partial charge in [-0.2, -0.15) is 0 Å². The molecule has 0 aromatic heterocycles. The number of benzene rings is 1. The van der Waals surface area contributed by atoms with E-state index in [0.29, 0.717) is 27.2 Å². The Hall–Kier alpha value is 0.01000. The highest BCUT2D eigenvalue weighted by atomic mass is 79.9. The second-order valence-electron chi connectivity index (χ2n) is 2.53. The Bertz CT molecular complexity index is 327. The van der Waals surface area contributed by atoms with E-state index in [1.165, 1.54) is 0 Å². The van der Waals surface area contributed by atoms with Crippen molar-refractivity contribution in [1.82, 2.24) is 0 Å². The van der Waals surface area contributed by atoms with Gasteiger partial charge < -0.3 is 0 Å². The van der Waals surface area contributed by atoms with Gasteiger partial charge in [-0.05, 0) is 12.1 Å². The minimum atomic E-state index is 0.0899. The molecule has 0 spiro atoms. The lowest BCUT2D eigenvalue weighted by molar-refractivity contribution is 0.0990. The molecule has 0 unspecified atom stereocenters. The van der Waals surface area contributed by atoms with Crippen molar-refractivity contribution in [3.63, 3.8) is 0 Å². The van der Waals surface area contributed by atoms with Crippen LogP contribution in [0.1, 0.15) is 16.8 Å². The number of rotatable bonds is 3. The van der Waals surface area contributed by atoms with Gasteiger partial charge in [0.15, 0.2) is 5.78 Å². The van der Waals surface area contributed by atoms with Crippen molar-refractivity contribution in [2.24, 2.45) is 0 Å². The summed E-state index contributed by atoms with van der Waals surface area (Å²) in [5.74, 6) is 0.0899. The Balaban J connectivity index is 2.90. The third-order valence-electron chi connectivity index (χ3n) is 1.59. The molecule has 1 aromatic carbocycles.